The van der Waals surface area contributed by atoms with Gasteiger partial charge < -0.3 is 15.5 Å². The molecule has 2 aliphatic heterocycles. The van der Waals surface area contributed by atoms with Gasteiger partial charge in [-0.3, -0.25) is 4.79 Å². The number of likely N-dealkylation sites (tertiary alicyclic amines) is 1. The maximum atomic E-state index is 12.7. The van der Waals surface area contributed by atoms with Gasteiger partial charge in [-0.2, -0.15) is 0 Å². The fourth-order valence-corrected chi connectivity index (χ4v) is 4.88. The Morgan fingerprint density at radius 3 is 2.73 bits per heavy atom. The van der Waals surface area contributed by atoms with Crippen molar-refractivity contribution >= 4 is 5.91 Å². The zero-order valence-corrected chi connectivity index (χ0v) is 15.9. The molecule has 2 saturated heterocycles. The van der Waals surface area contributed by atoms with E-state index in [1.165, 1.54) is 32.2 Å². The average Bonchev–Trinajstić information content (AvgIpc) is 3.38. The van der Waals surface area contributed by atoms with Crippen LogP contribution in [0.5, 0.6) is 0 Å². The fourth-order valence-electron chi connectivity index (χ4n) is 4.88. The molecule has 1 aromatic rings. The maximum Gasteiger partial charge on any atom is 0.274 e. The highest BCUT2D eigenvalue weighted by Gasteiger charge is 2.29. The quantitative estimate of drug-likeness (QED) is 0.832. The van der Waals surface area contributed by atoms with Crippen LogP contribution in [0.3, 0.4) is 0 Å². The molecule has 1 aromatic heterocycles. The zero-order chi connectivity index (χ0) is 17.9. The molecular formula is C19H32N6O. The number of piperidine rings is 1. The van der Waals surface area contributed by atoms with Gasteiger partial charge in [0.05, 0.1) is 11.7 Å². The molecule has 0 aromatic carbocycles. The largest absolute Gasteiger partial charge is 0.347 e. The Labute approximate surface area is 155 Å². The summed E-state index contributed by atoms with van der Waals surface area (Å²) in [6, 6.07) is 0.603. The van der Waals surface area contributed by atoms with Gasteiger partial charge in [-0.15, -0.1) is 5.10 Å². The van der Waals surface area contributed by atoms with Crippen LogP contribution in [-0.4, -0.2) is 64.6 Å². The van der Waals surface area contributed by atoms with Crippen LogP contribution < -0.4 is 10.6 Å². The Morgan fingerprint density at radius 1 is 1.19 bits per heavy atom. The highest BCUT2D eigenvalue weighted by atomic mass is 16.2. The summed E-state index contributed by atoms with van der Waals surface area (Å²) in [6.45, 7) is 7.26. The summed E-state index contributed by atoms with van der Waals surface area (Å²) in [4.78, 5) is 15.2. The van der Waals surface area contributed by atoms with E-state index < -0.39 is 0 Å². The number of carbonyl (C=O) groups excluding carboxylic acids is 1. The number of carbonyl (C=O) groups is 1. The molecule has 144 valence electrons. The van der Waals surface area contributed by atoms with Gasteiger partial charge in [0, 0.05) is 25.7 Å². The molecule has 1 aliphatic carbocycles. The van der Waals surface area contributed by atoms with Crippen molar-refractivity contribution in [2.24, 2.45) is 5.92 Å². The summed E-state index contributed by atoms with van der Waals surface area (Å²) in [5, 5.41) is 15.1. The lowest BCUT2D eigenvalue weighted by Crippen LogP contribution is -2.38. The first kappa shape index (κ1) is 17.9. The monoisotopic (exact) mass is 360 g/mol. The van der Waals surface area contributed by atoms with Crippen LogP contribution in [0.4, 0.5) is 0 Å². The summed E-state index contributed by atoms with van der Waals surface area (Å²) in [7, 11) is 0. The van der Waals surface area contributed by atoms with Crippen molar-refractivity contribution in [1.82, 2.24) is 30.5 Å². The third kappa shape index (κ3) is 3.93. The van der Waals surface area contributed by atoms with Crippen LogP contribution in [0.15, 0.2) is 0 Å². The number of rotatable bonds is 5. The van der Waals surface area contributed by atoms with Gasteiger partial charge >= 0.3 is 0 Å². The highest BCUT2D eigenvalue weighted by molar-refractivity contribution is 5.93. The topological polar surface area (TPSA) is 75.1 Å². The second-order valence-corrected chi connectivity index (χ2v) is 8.32. The molecule has 26 heavy (non-hydrogen) atoms. The fraction of sp³-hybridized carbons (Fsp3) is 0.842. The summed E-state index contributed by atoms with van der Waals surface area (Å²) in [6.07, 6.45) is 8.68. The number of nitrogens with one attached hydrogen (secondary N) is 2. The maximum absolute atomic E-state index is 12.7. The summed E-state index contributed by atoms with van der Waals surface area (Å²) in [5.74, 6) is 0.812. The minimum absolute atomic E-state index is 0.0598. The Hall–Kier alpha value is -1.47. The van der Waals surface area contributed by atoms with Gasteiger partial charge in [0.2, 0.25) is 0 Å². The second-order valence-electron chi connectivity index (χ2n) is 8.32. The molecule has 1 saturated carbocycles. The molecule has 0 bridgehead atoms. The first-order chi connectivity index (χ1) is 12.7. The van der Waals surface area contributed by atoms with E-state index in [1.54, 1.807) is 0 Å². The van der Waals surface area contributed by atoms with E-state index >= 15 is 0 Å². The van der Waals surface area contributed by atoms with Gasteiger partial charge in [0.1, 0.15) is 0 Å². The van der Waals surface area contributed by atoms with Gasteiger partial charge in [0.15, 0.2) is 5.69 Å². The van der Waals surface area contributed by atoms with E-state index in [0.29, 0.717) is 11.7 Å². The second kappa shape index (κ2) is 8.05. The summed E-state index contributed by atoms with van der Waals surface area (Å²) >= 11 is 0. The minimum atomic E-state index is -0.0598. The lowest BCUT2D eigenvalue weighted by atomic mass is 10.1. The molecule has 4 rings (SSSR count). The molecule has 2 N–H and O–H groups in total. The smallest absolute Gasteiger partial charge is 0.274 e. The van der Waals surface area contributed by atoms with E-state index in [0.717, 1.165) is 57.1 Å². The number of aromatic nitrogens is 3. The molecule has 0 spiro atoms. The third-order valence-electron chi connectivity index (χ3n) is 6.40. The highest BCUT2D eigenvalue weighted by Crippen LogP contribution is 2.27. The Balaban J connectivity index is 1.31. The van der Waals surface area contributed by atoms with Crippen LogP contribution in [0.2, 0.25) is 0 Å². The predicted octanol–water partition coefficient (Wildman–Crippen LogP) is 1.51. The SMILES string of the molecule is Cc1c(C(=O)N[C@@H]2CCN(CC3CCCC3)C2)nnn1C1CCNCC1. The molecule has 1 amide bonds. The van der Waals surface area contributed by atoms with Crippen LogP contribution in [0.25, 0.3) is 0 Å². The molecule has 1 atom stereocenters. The number of amides is 1. The van der Waals surface area contributed by atoms with Crippen molar-refractivity contribution in [3.8, 4) is 0 Å². The number of nitrogens with zero attached hydrogens (tertiary/aromatic N) is 4. The van der Waals surface area contributed by atoms with Crippen molar-refractivity contribution in [3.05, 3.63) is 11.4 Å². The van der Waals surface area contributed by atoms with Crippen LogP contribution in [-0.2, 0) is 0 Å². The summed E-state index contributed by atoms with van der Waals surface area (Å²) in [5.41, 5.74) is 1.40. The number of hydrogen-bond acceptors (Lipinski definition) is 5. The van der Waals surface area contributed by atoms with Gasteiger partial charge in [0.25, 0.3) is 5.91 Å². The number of hydrogen-bond donors (Lipinski definition) is 2. The van der Waals surface area contributed by atoms with Crippen molar-refractivity contribution in [2.45, 2.75) is 64.0 Å². The zero-order valence-electron chi connectivity index (χ0n) is 15.9. The molecule has 0 radical (unpaired) electrons. The van der Waals surface area contributed by atoms with Crippen LogP contribution >= 0.6 is 0 Å². The van der Waals surface area contributed by atoms with E-state index in [4.69, 9.17) is 0 Å². The van der Waals surface area contributed by atoms with E-state index in [1.807, 2.05) is 11.6 Å². The van der Waals surface area contributed by atoms with Crippen molar-refractivity contribution in [3.63, 3.8) is 0 Å². The Morgan fingerprint density at radius 2 is 1.96 bits per heavy atom. The van der Waals surface area contributed by atoms with Gasteiger partial charge in [-0.1, -0.05) is 18.1 Å². The summed E-state index contributed by atoms with van der Waals surface area (Å²) < 4.78 is 1.96. The van der Waals surface area contributed by atoms with E-state index in [9.17, 15) is 4.79 Å². The first-order valence-electron chi connectivity index (χ1n) is 10.4. The molecule has 7 nitrogen and oxygen atoms in total. The van der Waals surface area contributed by atoms with Crippen molar-refractivity contribution < 1.29 is 4.79 Å². The molecule has 3 fully saturated rings. The Kier molecular flexibility index (Phi) is 5.55. The minimum Gasteiger partial charge on any atom is -0.347 e. The lowest BCUT2D eigenvalue weighted by Gasteiger charge is -2.23. The normalized spacial score (nSPS) is 25.8. The van der Waals surface area contributed by atoms with Gasteiger partial charge in [-0.05, 0) is 58.0 Å². The third-order valence-corrected chi connectivity index (χ3v) is 6.40. The van der Waals surface area contributed by atoms with Crippen molar-refractivity contribution in [1.29, 1.82) is 0 Å². The van der Waals surface area contributed by atoms with Crippen molar-refractivity contribution in [2.75, 3.05) is 32.7 Å². The Bertz CT molecular complexity index is 618. The van der Waals surface area contributed by atoms with E-state index in [-0.39, 0.29) is 11.9 Å². The lowest BCUT2D eigenvalue weighted by molar-refractivity contribution is 0.0931. The predicted molar refractivity (Wildman–Crippen MR) is 100 cm³/mol. The molecule has 7 heteroatoms. The first-order valence-corrected chi connectivity index (χ1v) is 10.4. The molecule has 0 unspecified atom stereocenters. The standard InChI is InChI=1S/C19H32N6O/c1-14-18(22-23-25(14)17-6-9-20-10-7-17)19(26)21-16-8-11-24(13-16)12-15-4-2-3-5-15/h15-17,20H,2-13H2,1H3,(H,21,26)/t16-/m1/s1. The van der Waals surface area contributed by atoms with Gasteiger partial charge in [-0.25, -0.2) is 4.68 Å². The van der Waals surface area contributed by atoms with E-state index in [2.05, 4.69) is 25.8 Å². The molecular weight excluding hydrogens is 328 g/mol. The molecule has 3 heterocycles. The van der Waals surface area contributed by atoms with Crippen LogP contribution in [0, 0.1) is 12.8 Å². The average molecular weight is 361 g/mol. The van der Waals surface area contributed by atoms with Crippen LogP contribution in [0.1, 0.15) is 67.2 Å². The molecule has 3 aliphatic rings.